The number of hydrogen-bond donors (Lipinski definition) is 2. The zero-order chi connectivity index (χ0) is 16.9. The van der Waals surface area contributed by atoms with Crippen molar-refractivity contribution in [3.05, 3.63) is 35.9 Å². The van der Waals surface area contributed by atoms with E-state index in [1.54, 1.807) is 0 Å². The Morgan fingerprint density at radius 1 is 1.26 bits per heavy atom. The molecule has 0 spiro atoms. The molecular weight excluding hydrogens is 294 g/mol. The van der Waals surface area contributed by atoms with Gasteiger partial charge in [-0.1, -0.05) is 50.6 Å². The number of alkyl carbamates (subject to hydrolysis) is 1. The molecule has 5 heteroatoms. The third kappa shape index (κ3) is 4.24. The number of amides is 1. The van der Waals surface area contributed by atoms with Crippen LogP contribution >= 0.6 is 0 Å². The minimum Gasteiger partial charge on any atom is -0.481 e. The summed E-state index contributed by atoms with van der Waals surface area (Å²) in [6.45, 7) is 4.36. The molecule has 0 saturated heterocycles. The molecule has 1 unspecified atom stereocenters. The molecule has 1 atom stereocenters. The Bertz CT molecular complexity index is 537. The lowest BCUT2D eigenvalue weighted by Gasteiger charge is -2.50. The first-order chi connectivity index (χ1) is 10.9. The second kappa shape index (κ2) is 7.49. The topological polar surface area (TPSA) is 75.6 Å². The number of rotatable bonds is 7. The molecular formula is C18H25NO4. The molecule has 23 heavy (non-hydrogen) atoms. The van der Waals surface area contributed by atoms with Gasteiger partial charge in [0, 0.05) is 6.04 Å². The van der Waals surface area contributed by atoms with Gasteiger partial charge in [0.25, 0.3) is 0 Å². The summed E-state index contributed by atoms with van der Waals surface area (Å²) >= 11 is 0. The van der Waals surface area contributed by atoms with E-state index < -0.39 is 18.1 Å². The van der Waals surface area contributed by atoms with E-state index in [-0.39, 0.29) is 18.4 Å². The fraction of sp³-hybridized carbons (Fsp3) is 0.556. The van der Waals surface area contributed by atoms with Crippen molar-refractivity contribution in [3.63, 3.8) is 0 Å². The number of benzene rings is 1. The van der Waals surface area contributed by atoms with Gasteiger partial charge < -0.3 is 15.2 Å². The average Bonchev–Trinajstić information content (AvgIpc) is 2.44. The predicted octanol–water partition coefficient (Wildman–Crippen LogP) is 3.58. The molecule has 5 nitrogen and oxygen atoms in total. The molecule has 1 fully saturated rings. The highest BCUT2D eigenvalue weighted by molar-refractivity contribution is 5.71. The molecule has 1 saturated carbocycles. The molecule has 0 aromatic heterocycles. The van der Waals surface area contributed by atoms with Crippen LogP contribution < -0.4 is 5.32 Å². The third-order valence-corrected chi connectivity index (χ3v) is 5.01. The van der Waals surface area contributed by atoms with E-state index in [1.807, 2.05) is 30.3 Å². The number of nitrogens with one attached hydrogen (secondary N) is 1. The fourth-order valence-electron chi connectivity index (χ4n) is 3.39. The van der Waals surface area contributed by atoms with Gasteiger partial charge in [-0.05, 0) is 29.7 Å². The van der Waals surface area contributed by atoms with Gasteiger partial charge in [0.15, 0.2) is 0 Å². The molecule has 1 aliphatic carbocycles. The maximum Gasteiger partial charge on any atom is 0.407 e. The van der Waals surface area contributed by atoms with Gasteiger partial charge in [0.2, 0.25) is 0 Å². The van der Waals surface area contributed by atoms with Gasteiger partial charge in [0.05, 0.1) is 6.42 Å². The maximum atomic E-state index is 12.1. The zero-order valence-electron chi connectivity index (χ0n) is 13.7. The van der Waals surface area contributed by atoms with Crippen molar-refractivity contribution in [3.8, 4) is 0 Å². The zero-order valence-corrected chi connectivity index (χ0v) is 13.7. The van der Waals surface area contributed by atoms with Crippen LogP contribution in [0.4, 0.5) is 4.79 Å². The van der Waals surface area contributed by atoms with E-state index in [1.165, 1.54) is 0 Å². The highest BCUT2D eigenvalue weighted by atomic mass is 16.5. The molecule has 1 amide bonds. The van der Waals surface area contributed by atoms with E-state index in [2.05, 4.69) is 19.2 Å². The Morgan fingerprint density at radius 3 is 2.39 bits per heavy atom. The summed E-state index contributed by atoms with van der Waals surface area (Å²) in [6, 6.07) is 9.03. The molecule has 2 rings (SSSR count). The van der Waals surface area contributed by atoms with Crippen molar-refractivity contribution >= 4 is 12.1 Å². The molecule has 0 aliphatic heterocycles. The van der Waals surface area contributed by atoms with Crippen molar-refractivity contribution in [2.24, 2.45) is 11.3 Å². The van der Waals surface area contributed by atoms with E-state index in [4.69, 9.17) is 4.74 Å². The van der Waals surface area contributed by atoms with Gasteiger partial charge >= 0.3 is 12.1 Å². The van der Waals surface area contributed by atoms with E-state index in [0.29, 0.717) is 5.92 Å². The Labute approximate surface area is 137 Å². The molecule has 2 N–H and O–H groups in total. The lowest BCUT2D eigenvalue weighted by molar-refractivity contribution is -0.139. The predicted molar refractivity (Wildman–Crippen MR) is 86.9 cm³/mol. The van der Waals surface area contributed by atoms with Crippen LogP contribution in [0.15, 0.2) is 30.3 Å². The summed E-state index contributed by atoms with van der Waals surface area (Å²) in [4.78, 5) is 23.3. The van der Waals surface area contributed by atoms with Crippen molar-refractivity contribution in [1.82, 2.24) is 5.32 Å². The van der Waals surface area contributed by atoms with Crippen LogP contribution in [0.5, 0.6) is 0 Å². The van der Waals surface area contributed by atoms with Crippen LogP contribution in [-0.4, -0.2) is 23.2 Å². The molecule has 0 radical (unpaired) electrons. The molecule has 0 heterocycles. The lowest BCUT2D eigenvalue weighted by Crippen LogP contribution is -2.55. The number of carboxylic acids is 1. The number of carboxylic acid groups (broad SMARTS) is 1. The minimum absolute atomic E-state index is 0.0708. The number of hydrogen-bond acceptors (Lipinski definition) is 3. The monoisotopic (exact) mass is 319 g/mol. The fourth-order valence-corrected chi connectivity index (χ4v) is 3.39. The Hall–Kier alpha value is -2.04. The standard InChI is InChI=1S/C18H25NO4/c1-13(2)18(9-6-10-18)15(11-16(20)21)19-17(22)23-12-14-7-4-3-5-8-14/h3-5,7-8,13,15H,6,9-12H2,1-2H3,(H,19,22)(H,20,21). The quantitative estimate of drug-likeness (QED) is 0.805. The summed E-state index contributed by atoms with van der Waals surface area (Å²) in [5.74, 6) is -0.583. The second-order valence-electron chi connectivity index (χ2n) is 6.60. The second-order valence-corrected chi connectivity index (χ2v) is 6.60. The van der Waals surface area contributed by atoms with E-state index in [0.717, 1.165) is 24.8 Å². The SMILES string of the molecule is CC(C)C1(C(CC(=O)O)NC(=O)OCc2ccccc2)CCC1. The summed E-state index contributed by atoms with van der Waals surface area (Å²) in [5.41, 5.74) is 0.768. The minimum atomic E-state index is -0.898. The van der Waals surface area contributed by atoms with Crippen LogP contribution in [-0.2, 0) is 16.1 Å². The molecule has 1 aliphatic rings. The van der Waals surface area contributed by atoms with Crippen molar-refractivity contribution in [1.29, 1.82) is 0 Å². The smallest absolute Gasteiger partial charge is 0.407 e. The Balaban J connectivity index is 1.97. The number of aliphatic carboxylic acids is 1. The number of carbonyl (C=O) groups excluding carboxylic acids is 1. The first-order valence-corrected chi connectivity index (χ1v) is 8.13. The van der Waals surface area contributed by atoms with Crippen LogP contribution in [0.25, 0.3) is 0 Å². The average molecular weight is 319 g/mol. The van der Waals surface area contributed by atoms with Crippen LogP contribution in [0, 0.1) is 11.3 Å². The van der Waals surface area contributed by atoms with Crippen molar-refractivity contribution in [2.45, 2.75) is 52.2 Å². The number of carbonyl (C=O) groups is 2. The van der Waals surface area contributed by atoms with E-state index >= 15 is 0 Å². The van der Waals surface area contributed by atoms with E-state index in [9.17, 15) is 14.7 Å². The molecule has 0 bridgehead atoms. The van der Waals surface area contributed by atoms with Crippen LogP contribution in [0.3, 0.4) is 0 Å². The first kappa shape index (κ1) is 17.3. The van der Waals surface area contributed by atoms with Gasteiger partial charge in [-0.15, -0.1) is 0 Å². The van der Waals surface area contributed by atoms with Gasteiger partial charge in [-0.3, -0.25) is 4.79 Å². The Morgan fingerprint density at radius 2 is 1.91 bits per heavy atom. The van der Waals surface area contributed by atoms with Crippen LogP contribution in [0.2, 0.25) is 0 Å². The van der Waals surface area contributed by atoms with Gasteiger partial charge in [0.1, 0.15) is 6.61 Å². The summed E-state index contributed by atoms with van der Waals surface area (Å²) in [7, 11) is 0. The first-order valence-electron chi connectivity index (χ1n) is 8.13. The third-order valence-electron chi connectivity index (χ3n) is 5.01. The lowest BCUT2D eigenvalue weighted by atomic mass is 9.57. The maximum absolute atomic E-state index is 12.1. The number of ether oxygens (including phenoxy) is 1. The molecule has 1 aromatic carbocycles. The highest BCUT2D eigenvalue weighted by Gasteiger charge is 2.47. The van der Waals surface area contributed by atoms with Gasteiger partial charge in [-0.2, -0.15) is 0 Å². The van der Waals surface area contributed by atoms with Crippen molar-refractivity contribution in [2.75, 3.05) is 0 Å². The van der Waals surface area contributed by atoms with Gasteiger partial charge in [-0.25, -0.2) is 4.79 Å². The summed E-state index contributed by atoms with van der Waals surface area (Å²) < 4.78 is 5.24. The Kier molecular flexibility index (Phi) is 5.64. The summed E-state index contributed by atoms with van der Waals surface area (Å²) in [6.07, 6.45) is 2.35. The van der Waals surface area contributed by atoms with Crippen LogP contribution in [0.1, 0.15) is 45.1 Å². The molecule has 1 aromatic rings. The summed E-state index contributed by atoms with van der Waals surface area (Å²) in [5, 5.41) is 12.0. The van der Waals surface area contributed by atoms with Crippen molar-refractivity contribution < 1.29 is 19.4 Å². The largest absolute Gasteiger partial charge is 0.481 e. The normalized spacial score (nSPS) is 17.2. The molecule has 126 valence electrons. The highest BCUT2D eigenvalue weighted by Crippen LogP contribution is 2.50.